The molecule has 0 aromatic heterocycles. The molecule has 4 nitrogen and oxygen atoms in total. The Kier molecular flexibility index (Phi) is 5.83. The van der Waals surface area contributed by atoms with E-state index < -0.39 is 16.7 Å². The van der Waals surface area contributed by atoms with Crippen LogP contribution in [0.1, 0.15) is 5.56 Å². The number of nitrogens with two attached hydrogens (primary N) is 1. The molecule has 2 aromatic rings. The van der Waals surface area contributed by atoms with Crippen molar-refractivity contribution >= 4 is 39.9 Å². The van der Waals surface area contributed by atoms with Crippen LogP contribution in [-0.4, -0.2) is 15.9 Å². The van der Waals surface area contributed by atoms with E-state index in [0.29, 0.717) is 21.5 Å². The molecule has 22 heavy (non-hydrogen) atoms. The van der Waals surface area contributed by atoms with Gasteiger partial charge in [-0.1, -0.05) is 35.3 Å². The second kappa shape index (κ2) is 7.63. The summed E-state index contributed by atoms with van der Waals surface area (Å²) in [7, 11) is -1.30. The van der Waals surface area contributed by atoms with Crippen LogP contribution in [0.15, 0.2) is 42.5 Å². The van der Waals surface area contributed by atoms with E-state index in [1.54, 1.807) is 42.5 Å². The fourth-order valence-corrected chi connectivity index (χ4v) is 3.16. The van der Waals surface area contributed by atoms with Crippen molar-refractivity contribution in [2.75, 3.05) is 5.75 Å². The molecule has 0 aliphatic carbocycles. The Bertz CT molecular complexity index is 704. The summed E-state index contributed by atoms with van der Waals surface area (Å²) < 4.78 is 17.3. The van der Waals surface area contributed by atoms with Crippen molar-refractivity contribution in [1.29, 1.82) is 0 Å². The van der Waals surface area contributed by atoms with Gasteiger partial charge in [0.2, 0.25) is 5.91 Å². The highest BCUT2D eigenvalue weighted by Gasteiger charge is 2.07. The van der Waals surface area contributed by atoms with E-state index in [9.17, 15) is 9.00 Å². The van der Waals surface area contributed by atoms with Gasteiger partial charge in [0.05, 0.1) is 5.02 Å². The number of hydrogen-bond donors (Lipinski definition) is 1. The Morgan fingerprint density at radius 3 is 2.41 bits per heavy atom. The van der Waals surface area contributed by atoms with Crippen LogP contribution in [0.4, 0.5) is 0 Å². The van der Waals surface area contributed by atoms with Crippen molar-refractivity contribution in [2.24, 2.45) is 5.73 Å². The maximum absolute atomic E-state index is 11.6. The van der Waals surface area contributed by atoms with Crippen LogP contribution in [0.2, 0.25) is 10.0 Å². The van der Waals surface area contributed by atoms with E-state index in [0.717, 1.165) is 5.56 Å². The van der Waals surface area contributed by atoms with Gasteiger partial charge in [-0.15, -0.1) is 0 Å². The first kappa shape index (κ1) is 16.8. The summed E-state index contributed by atoms with van der Waals surface area (Å²) in [5.41, 5.74) is 5.84. The van der Waals surface area contributed by atoms with Crippen LogP contribution in [0.5, 0.6) is 11.5 Å². The number of rotatable bonds is 6. The van der Waals surface area contributed by atoms with Crippen molar-refractivity contribution in [3.63, 3.8) is 0 Å². The van der Waals surface area contributed by atoms with Gasteiger partial charge >= 0.3 is 0 Å². The molecule has 1 atom stereocenters. The van der Waals surface area contributed by atoms with Crippen LogP contribution < -0.4 is 10.5 Å². The minimum absolute atomic E-state index is 0.140. The molecular formula is C15H13Cl2NO3S. The SMILES string of the molecule is NC(=O)CS(=O)Cc1ccc(Oc2ccc(Cl)cc2Cl)cc1. The average molecular weight is 358 g/mol. The van der Waals surface area contributed by atoms with E-state index in [4.69, 9.17) is 33.7 Å². The molecule has 0 saturated heterocycles. The number of ether oxygens (including phenoxy) is 1. The molecule has 2 aromatic carbocycles. The first-order valence-electron chi connectivity index (χ1n) is 6.29. The maximum Gasteiger partial charge on any atom is 0.230 e. The number of halogens is 2. The molecule has 2 rings (SSSR count). The van der Waals surface area contributed by atoms with Gasteiger partial charge in [0.15, 0.2) is 0 Å². The third-order valence-electron chi connectivity index (χ3n) is 2.68. The van der Waals surface area contributed by atoms with Crippen molar-refractivity contribution in [1.82, 2.24) is 0 Å². The molecule has 0 aliphatic rings. The fourth-order valence-electron chi connectivity index (χ4n) is 1.73. The largest absolute Gasteiger partial charge is 0.456 e. The molecule has 0 radical (unpaired) electrons. The van der Waals surface area contributed by atoms with Gasteiger partial charge < -0.3 is 10.5 Å². The van der Waals surface area contributed by atoms with Crippen LogP contribution in [0, 0.1) is 0 Å². The third-order valence-corrected chi connectivity index (χ3v) is 4.47. The second-order valence-electron chi connectivity index (χ2n) is 4.52. The minimum atomic E-state index is -1.30. The van der Waals surface area contributed by atoms with Gasteiger partial charge in [0.25, 0.3) is 0 Å². The third kappa shape index (κ3) is 5.02. The molecule has 0 spiro atoms. The predicted molar refractivity (Wildman–Crippen MR) is 88.9 cm³/mol. The van der Waals surface area contributed by atoms with E-state index in [2.05, 4.69) is 0 Å². The number of carbonyl (C=O) groups excluding carboxylic acids is 1. The van der Waals surface area contributed by atoms with Gasteiger partial charge in [0, 0.05) is 21.6 Å². The molecule has 0 saturated carbocycles. The highest BCUT2D eigenvalue weighted by Crippen LogP contribution is 2.31. The first-order chi connectivity index (χ1) is 10.4. The Hall–Kier alpha value is -1.56. The predicted octanol–water partition coefficient (Wildman–Crippen LogP) is 3.52. The van der Waals surface area contributed by atoms with E-state index in [1.807, 2.05) is 0 Å². The van der Waals surface area contributed by atoms with Gasteiger partial charge in [-0.2, -0.15) is 0 Å². The van der Waals surface area contributed by atoms with Gasteiger partial charge in [-0.3, -0.25) is 9.00 Å². The maximum atomic E-state index is 11.6. The molecule has 0 fully saturated rings. The van der Waals surface area contributed by atoms with Crippen molar-refractivity contribution < 1.29 is 13.7 Å². The van der Waals surface area contributed by atoms with Gasteiger partial charge in [-0.05, 0) is 35.9 Å². The van der Waals surface area contributed by atoms with Crippen LogP contribution in [0.3, 0.4) is 0 Å². The summed E-state index contributed by atoms with van der Waals surface area (Å²) in [6, 6.07) is 12.0. The van der Waals surface area contributed by atoms with Crippen molar-refractivity contribution in [3.8, 4) is 11.5 Å². The Morgan fingerprint density at radius 2 is 1.82 bits per heavy atom. The summed E-state index contributed by atoms with van der Waals surface area (Å²) in [6.45, 7) is 0. The zero-order chi connectivity index (χ0) is 16.1. The Labute approximate surface area is 140 Å². The van der Waals surface area contributed by atoms with E-state index >= 15 is 0 Å². The summed E-state index contributed by atoms with van der Waals surface area (Å²) in [5, 5.41) is 0.948. The Balaban J connectivity index is 2.02. The van der Waals surface area contributed by atoms with Crippen LogP contribution in [0.25, 0.3) is 0 Å². The molecule has 7 heteroatoms. The van der Waals surface area contributed by atoms with Crippen LogP contribution in [-0.2, 0) is 21.3 Å². The molecule has 0 bridgehead atoms. The number of primary amides is 1. The topological polar surface area (TPSA) is 69.4 Å². The lowest BCUT2D eigenvalue weighted by Crippen LogP contribution is -2.20. The highest BCUT2D eigenvalue weighted by molar-refractivity contribution is 7.84. The van der Waals surface area contributed by atoms with Gasteiger partial charge in [-0.25, -0.2) is 0 Å². The summed E-state index contributed by atoms with van der Waals surface area (Å²) in [4.78, 5) is 10.7. The average Bonchev–Trinajstić information content (AvgIpc) is 2.43. The molecular weight excluding hydrogens is 345 g/mol. The molecule has 0 heterocycles. The number of carbonyl (C=O) groups is 1. The summed E-state index contributed by atoms with van der Waals surface area (Å²) >= 11 is 11.9. The zero-order valence-electron chi connectivity index (χ0n) is 11.4. The lowest BCUT2D eigenvalue weighted by atomic mass is 10.2. The molecule has 2 N–H and O–H groups in total. The van der Waals surface area contributed by atoms with Crippen molar-refractivity contribution in [2.45, 2.75) is 5.75 Å². The lowest BCUT2D eigenvalue weighted by molar-refractivity contribution is -0.115. The normalized spacial score (nSPS) is 11.9. The van der Waals surface area contributed by atoms with Crippen molar-refractivity contribution in [3.05, 3.63) is 58.1 Å². The number of hydrogen-bond acceptors (Lipinski definition) is 3. The summed E-state index contributed by atoms with van der Waals surface area (Å²) in [5.74, 6) is 0.643. The first-order valence-corrected chi connectivity index (χ1v) is 8.53. The molecule has 0 aliphatic heterocycles. The lowest BCUT2D eigenvalue weighted by Gasteiger charge is -2.08. The smallest absolute Gasteiger partial charge is 0.230 e. The van der Waals surface area contributed by atoms with E-state index in [-0.39, 0.29) is 11.5 Å². The standard InChI is InChI=1S/C15H13Cl2NO3S/c16-11-3-6-14(13(17)7-11)21-12-4-1-10(2-5-12)8-22(20)9-15(18)19/h1-7H,8-9H2,(H2,18,19). The number of benzene rings is 2. The minimum Gasteiger partial charge on any atom is -0.456 e. The monoisotopic (exact) mass is 357 g/mol. The Morgan fingerprint density at radius 1 is 1.14 bits per heavy atom. The molecule has 1 unspecified atom stereocenters. The summed E-state index contributed by atoms with van der Waals surface area (Å²) in [6.07, 6.45) is 0. The fraction of sp³-hybridized carbons (Fsp3) is 0.133. The quantitative estimate of drug-likeness (QED) is 0.859. The highest BCUT2D eigenvalue weighted by atomic mass is 35.5. The van der Waals surface area contributed by atoms with Gasteiger partial charge in [0.1, 0.15) is 17.3 Å². The second-order valence-corrected chi connectivity index (χ2v) is 6.82. The van der Waals surface area contributed by atoms with Crippen LogP contribution >= 0.6 is 23.2 Å². The number of amides is 1. The van der Waals surface area contributed by atoms with E-state index in [1.165, 1.54) is 0 Å². The molecule has 1 amide bonds. The zero-order valence-corrected chi connectivity index (χ0v) is 13.8. The molecule has 116 valence electrons.